The second-order valence-corrected chi connectivity index (χ2v) is 6.15. The van der Waals surface area contributed by atoms with Gasteiger partial charge in [0.05, 0.1) is 17.4 Å². The van der Waals surface area contributed by atoms with Crippen molar-refractivity contribution in [3.63, 3.8) is 0 Å². The van der Waals surface area contributed by atoms with E-state index < -0.39 is 0 Å². The second kappa shape index (κ2) is 6.97. The summed E-state index contributed by atoms with van der Waals surface area (Å²) in [4.78, 5) is 26.2. The van der Waals surface area contributed by atoms with E-state index in [4.69, 9.17) is 16.0 Å². The number of likely N-dealkylation sites (tertiary alicyclic amines) is 1. The van der Waals surface area contributed by atoms with Crippen LogP contribution in [-0.4, -0.2) is 41.0 Å². The molecule has 7 heteroatoms. The van der Waals surface area contributed by atoms with Crippen molar-refractivity contribution in [1.82, 2.24) is 10.2 Å². The van der Waals surface area contributed by atoms with Gasteiger partial charge in [-0.1, -0.05) is 11.6 Å². The standard InChI is InChI=1S/C17H17ClN2O4/c18-12-1-2-15(21)14(9-12)16(22)19-13-3-6-20(7-4-13)17(23)11-5-8-24-10-11/h1-2,5,8-10,13,21H,3-4,6-7H2,(H,19,22). The predicted octanol–water partition coefficient (Wildman–Crippen LogP) is 2.67. The van der Waals surface area contributed by atoms with Crippen LogP contribution in [0.5, 0.6) is 5.75 Å². The van der Waals surface area contributed by atoms with E-state index >= 15 is 0 Å². The molecule has 1 aliphatic rings. The maximum absolute atomic E-state index is 12.3. The van der Waals surface area contributed by atoms with Gasteiger partial charge in [-0.2, -0.15) is 0 Å². The lowest BCUT2D eigenvalue weighted by Gasteiger charge is -2.32. The van der Waals surface area contributed by atoms with Gasteiger partial charge >= 0.3 is 0 Å². The molecule has 1 aliphatic heterocycles. The third-order valence-electron chi connectivity index (χ3n) is 4.09. The van der Waals surface area contributed by atoms with Gasteiger partial charge in [0.25, 0.3) is 11.8 Å². The Labute approximate surface area is 144 Å². The Balaban J connectivity index is 1.56. The highest BCUT2D eigenvalue weighted by atomic mass is 35.5. The zero-order valence-corrected chi connectivity index (χ0v) is 13.6. The van der Waals surface area contributed by atoms with Crippen molar-refractivity contribution in [2.24, 2.45) is 0 Å². The number of nitrogens with one attached hydrogen (secondary N) is 1. The number of furan rings is 1. The highest BCUT2D eigenvalue weighted by Gasteiger charge is 2.25. The van der Waals surface area contributed by atoms with Crippen LogP contribution >= 0.6 is 11.6 Å². The van der Waals surface area contributed by atoms with Crippen LogP contribution in [-0.2, 0) is 0 Å². The number of carbonyl (C=O) groups is 2. The molecule has 2 N–H and O–H groups in total. The van der Waals surface area contributed by atoms with Crippen LogP contribution in [0.2, 0.25) is 5.02 Å². The number of hydrogen-bond acceptors (Lipinski definition) is 4. The fourth-order valence-electron chi connectivity index (χ4n) is 2.75. The van der Waals surface area contributed by atoms with Crippen LogP contribution in [0.25, 0.3) is 0 Å². The average molecular weight is 349 g/mol. The quantitative estimate of drug-likeness (QED) is 0.893. The van der Waals surface area contributed by atoms with Crippen LogP contribution in [0, 0.1) is 0 Å². The van der Waals surface area contributed by atoms with Gasteiger partial charge in [0.15, 0.2) is 0 Å². The molecule has 0 atom stereocenters. The lowest BCUT2D eigenvalue weighted by atomic mass is 10.0. The first-order chi connectivity index (χ1) is 11.5. The van der Waals surface area contributed by atoms with Crippen LogP contribution in [0.3, 0.4) is 0 Å². The second-order valence-electron chi connectivity index (χ2n) is 5.71. The fourth-order valence-corrected chi connectivity index (χ4v) is 2.92. The molecular weight excluding hydrogens is 332 g/mol. The van der Waals surface area contributed by atoms with Gasteiger partial charge in [-0.15, -0.1) is 0 Å². The minimum atomic E-state index is -0.366. The third-order valence-corrected chi connectivity index (χ3v) is 4.32. The summed E-state index contributed by atoms with van der Waals surface area (Å²) in [5.74, 6) is -0.542. The van der Waals surface area contributed by atoms with Gasteiger partial charge in [-0.25, -0.2) is 0 Å². The summed E-state index contributed by atoms with van der Waals surface area (Å²) in [5, 5.41) is 13.0. The number of phenols is 1. The van der Waals surface area contributed by atoms with Crippen molar-refractivity contribution in [3.05, 3.63) is 52.9 Å². The SMILES string of the molecule is O=C(NC1CCN(C(=O)c2ccoc2)CC1)c1cc(Cl)ccc1O. The van der Waals surface area contributed by atoms with E-state index in [1.54, 1.807) is 11.0 Å². The molecule has 0 unspecified atom stereocenters. The van der Waals surface area contributed by atoms with Crippen molar-refractivity contribution in [1.29, 1.82) is 0 Å². The molecule has 0 spiro atoms. The van der Waals surface area contributed by atoms with E-state index in [9.17, 15) is 14.7 Å². The Kier molecular flexibility index (Phi) is 4.76. The summed E-state index contributed by atoms with van der Waals surface area (Å²) in [6.45, 7) is 1.10. The van der Waals surface area contributed by atoms with Crippen LogP contribution in [0.15, 0.2) is 41.2 Å². The topological polar surface area (TPSA) is 82.8 Å². The van der Waals surface area contributed by atoms with E-state index in [1.807, 2.05) is 0 Å². The molecule has 126 valence electrons. The maximum atomic E-state index is 12.3. The van der Waals surface area contributed by atoms with Gasteiger partial charge < -0.3 is 19.7 Å². The number of benzene rings is 1. The molecule has 24 heavy (non-hydrogen) atoms. The van der Waals surface area contributed by atoms with Crippen LogP contribution < -0.4 is 5.32 Å². The molecule has 0 saturated carbocycles. The molecule has 0 aliphatic carbocycles. The summed E-state index contributed by atoms with van der Waals surface area (Å²) < 4.78 is 4.93. The number of phenolic OH excluding ortho intramolecular Hbond substituents is 1. The monoisotopic (exact) mass is 348 g/mol. The molecular formula is C17H17ClN2O4. The number of carbonyl (C=O) groups excluding carboxylic acids is 2. The molecule has 0 radical (unpaired) electrons. The molecule has 1 fully saturated rings. The van der Waals surface area contributed by atoms with Gasteiger partial charge in [-0.05, 0) is 37.1 Å². The zero-order chi connectivity index (χ0) is 17.1. The Morgan fingerprint density at radius 2 is 2.00 bits per heavy atom. The van der Waals surface area contributed by atoms with Crippen molar-refractivity contribution in [3.8, 4) is 5.75 Å². The first kappa shape index (κ1) is 16.4. The molecule has 1 saturated heterocycles. The van der Waals surface area contributed by atoms with E-state index in [2.05, 4.69) is 5.32 Å². The van der Waals surface area contributed by atoms with Crippen LogP contribution in [0.1, 0.15) is 33.6 Å². The van der Waals surface area contributed by atoms with E-state index in [0.717, 1.165) is 0 Å². The predicted molar refractivity (Wildman–Crippen MR) is 88.2 cm³/mol. The van der Waals surface area contributed by atoms with E-state index in [-0.39, 0.29) is 29.2 Å². The Morgan fingerprint density at radius 1 is 1.25 bits per heavy atom. The molecule has 1 aromatic carbocycles. The summed E-state index contributed by atoms with van der Waals surface area (Å²) in [6, 6.07) is 5.93. The summed E-state index contributed by atoms with van der Waals surface area (Å²) in [6.07, 6.45) is 4.20. The molecule has 6 nitrogen and oxygen atoms in total. The number of aromatic hydroxyl groups is 1. The van der Waals surface area contributed by atoms with Gasteiger partial charge in [0, 0.05) is 24.2 Å². The average Bonchev–Trinajstić information content (AvgIpc) is 3.11. The Bertz CT molecular complexity index is 737. The van der Waals surface area contributed by atoms with Crippen LogP contribution in [0.4, 0.5) is 0 Å². The number of halogens is 1. The normalized spacial score (nSPS) is 15.3. The van der Waals surface area contributed by atoms with Gasteiger partial charge in [-0.3, -0.25) is 9.59 Å². The Hall–Kier alpha value is -2.47. The van der Waals surface area contributed by atoms with Gasteiger partial charge in [0.2, 0.25) is 0 Å². The largest absolute Gasteiger partial charge is 0.507 e. The van der Waals surface area contributed by atoms with E-state index in [0.29, 0.717) is 36.5 Å². The number of rotatable bonds is 3. The van der Waals surface area contributed by atoms with Crippen molar-refractivity contribution < 1.29 is 19.1 Å². The molecule has 2 aromatic rings. The molecule has 2 amide bonds. The van der Waals surface area contributed by atoms with Gasteiger partial charge in [0.1, 0.15) is 12.0 Å². The summed E-state index contributed by atoms with van der Waals surface area (Å²) in [5.41, 5.74) is 0.681. The van der Waals surface area contributed by atoms with E-state index in [1.165, 1.54) is 30.7 Å². The molecule has 2 heterocycles. The first-order valence-electron chi connectivity index (χ1n) is 7.65. The maximum Gasteiger partial charge on any atom is 0.257 e. The summed E-state index contributed by atoms with van der Waals surface area (Å²) in [7, 11) is 0. The number of nitrogens with zero attached hydrogens (tertiary/aromatic N) is 1. The number of amides is 2. The minimum Gasteiger partial charge on any atom is -0.507 e. The first-order valence-corrected chi connectivity index (χ1v) is 8.03. The molecule has 1 aromatic heterocycles. The Morgan fingerprint density at radius 3 is 2.67 bits per heavy atom. The molecule has 3 rings (SSSR count). The van der Waals surface area contributed by atoms with Crippen molar-refractivity contribution >= 4 is 23.4 Å². The van der Waals surface area contributed by atoms with Crippen molar-refractivity contribution in [2.75, 3.05) is 13.1 Å². The molecule has 0 bridgehead atoms. The number of hydrogen-bond donors (Lipinski definition) is 2. The third kappa shape index (κ3) is 3.54. The highest BCUT2D eigenvalue weighted by Crippen LogP contribution is 2.22. The highest BCUT2D eigenvalue weighted by molar-refractivity contribution is 6.31. The lowest BCUT2D eigenvalue weighted by Crippen LogP contribution is -2.46. The minimum absolute atomic E-state index is 0.0516. The van der Waals surface area contributed by atoms with Crippen molar-refractivity contribution in [2.45, 2.75) is 18.9 Å². The fraction of sp³-hybridized carbons (Fsp3) is 0.294. The smallest absolute Gasteiger partial charge is 0.257 e. The zero-order valence-electron chi connectivity index (χ0n) is 12.9. The summed E-state index contributed by atoms with van der Waals surface area (Å²) >= 11 is 5.86. The number of piperidine rings is 1. The lowest BCUT2D eigenvalue weighted by molar-refractivity contribution is 0.0697.